The van der Waals surface area contributed by atoms with Crippen molar-refractivity contribution in [3.05, 3.63) is 118 Å². The third kappa shape index (κ3) is 4.48. The summed E-state index contributed by atoms with van der Waals surface area (Å²) in [6.45, 7) is 0. The van der Waals surface area contributed by atoms with Gasteiger partial charge in [0, 0.05) is 0 Å². The molecule has 0 atom stereocenters. The first-order chi connectivity index (χ1) is 14.9. The van der Waals surface area contributed by atoms with Gasteiger partial charge in [-0.2, -0.15) is 13.2 Å². The van der Waals surface area contributed by atoms with E-state index in [1.165, 1.54) is 16.7 Å². The predicted molar refractivity (Wildman–Crippen MR) is 117 cm³/mol. The van der Waals surface area contributed by atoms with Crippen molar-refractivity contribution in [3.8, 4) is 5.69 Å². The quantitative estimate of drug-likeness (QED) is 0.374. The lowest BCUT2D eigenvalue weighted by Crippen LogP contribution is -2.22. The summed E-state index contributed by atoms with van der Waals surface area (Å²) >= 11 is 0. The summed E-state index contributed by atoms with van der Waals surface area (Å²) in [6, 6.07) is 21.1. The van der Waals surface area contributed by atoms with Gasteiger partial charge in [-0.3, -0.25) is 9.36 Å². The molecule has 4 rings (SSSR count). The second kappa shape index (κ2) is 8.44. The van der Waals surface area contributed by atoms with Gasteiger partial charge in [-0.05, 0) is 42.0 Å². The Labute approximate surface area is 176 Å². The number of fused-ring (bicyclic) bond motifs is 1. The molecule has 3 aromatic carbocycles. The molecule has 0 aliphatic carbocycles. The van der Waals surface area contributed by atoms with Crippen LogP contribution in [0.1, 0.15) is 17.0 Å². The van der Waals surface area contributed by atoms with Gasteiger partial charge in [0.15, 0.2) is 0 Å². The average Bonchev–Trinajstić information content (AvgIpc) is 2.77. The van der Waals surface area contributed by atoms with Crippen molar-refractivity contribution in [1.82, 2.24) is 9.55 Å². The molecule has 0 spiro atoms. The Morgan fingerprint density at radius 2 is 1.52 bits per heavy atom. The molecule has 0 aliphatic rings. The number of benzene rings is 3. The van der Waals surface area contributed by atoms with Gasteiger partial charge in [0.1, 0.15) is 5.82 Å². The first kappa shape index (κ1) is 20.3. The summed E-state index contributed by atoms with van der Waals surface area (Å²) in [5, 5.41) is 0.330. The monoisotopic (exact) mass is 418 g/mol. The highest BCUT2D eigenvalue weighted by Crippen LogP contribution is 2.30. The second-order valence-electron chi connectivity index (χ2n) is 6.80. The molecular weight excluding hydrogens is 401 g/mol. The summed E-state index contributed by atoms with van der Waals surface area (Å²) in [7, 11) is 0. The molecule has 0 aliphatic heterocycles. The molecule has 4 aromatic rings. The normalized spacial score (nSPS) is 12.2. The van der Waals surface area contributed by atoms with Crippen molar-refractivity contribution in [3.63, 3.8) is 0 Å². The van der Waals surface area contributed by atoms with Crippen molar-refractivity contribution in [2.45, 2.75) is 6.18 Å². The van der Waals surface area contributed by atoms with E-state index in [0.717, 1.165) is 17.7 Å². The molecule has 0 N–H and O–H groups in total. The van der Waals surface area contributed by atoms with Crippen LogP contribution in [0.2, 0.25) is 0 Å². The third-order valence-corrected chi connectivity index (χ3v) is 4.68. The lowest BCUT2D eigenvalue weighted by atomic mass is 10.1. The van der Waals surface area contributed by atoms with E-state index in [-0.39, 0.29) is 11.5 Å². The van der Waals surface area contributed by atoms with E-state index in [9.17, 15) is 18.0 Å². The van der Waals surface area contributed by atoms with E-state index in [2.05, 4.69) is 4.98 Å². The summed E-state index contributed by atoms with van der Waals surface area (Å²) in [6.07, 6.45) is 2.46. The number of rotatable bonds is 4. The van der Waals surface area contributed by atoms with Crippen LogP contribution in [0.25, 0.3) is 28.7 Å². The fraction of sp³-hybridized carbons (Fsp3) is 0.0400. The molecule has 3 nitrogen and oxygen atoms in total. The molecule has 0 fully saturated rings. The van der Waals surface area contributed by atoms with Gasteiger partial charge in [0.05, 0.1) is 22.2 Å². The minimum Gasteiger partial charge on any atom is -0.268 e. The molecule has 0 saturated heterocycles. The zero-order valence-corrected chi connectivity index (χ0v) is 16.3. The van der Waals surface area contributed by atoms with Crippen molar-refractivity contribution < 1.29 is 13.2 Å². The van der Waals surface area contributed by atoms with Gasteiger partial charge in [-0.1, -0.05) is 66.8 Å². The largest absolute Gasteiger partial charge is 0.416 e. The molecule has 31 heavy (non-hydrogen) atoms. The van der Waals surface area contributed by atoms with Gasteiger partial charge < -0.3 is 0 Å². The Balaban J connectivity index is 1.84. The molecule has 0 amide bonds. The van der Waals surface area contributed by atoms with Crippen LogP contribution < -0.4 is 5.56 Å². The molecule has 1 aromatic heterocycles. The highest BCUT2D eigenvalue weighted by Gasteiger charge is 2.30. The number of para-hydroxylation sites is 1. The summed E-state index contributed by atoms with van der Waals surface area (Å²) in [5.41, 5.74) is 0.307. The van der Waals surface area contributed by atoms with Crippen LogP contribution in [0, 0.1) is 0 Å². The van der Waals surface area contributed by atoms with Gasteiger partial charge >= 0.3 is 6.18 Å². The SMILES string of the molecule is O=c1c2ccccc2nc(/C=C/C=C/c2ccccc2)n1-c1cccc(C(F)(F)F)c1. The topological polar surface area (TPSA) is 34.9 Å². The Kier molecular flexibility index (Phi) is 5.54. The number of hydrogen-bond donors (Lipinski definition) is 0. The highest BCUT2D eigenvalue weighted by molar-refractivity contribution is 5.79. The van der Waals surface area contributed by atoms with E-state index in [1.807, 2.05) is 36.4 Å². The number of allylic oxidation sites excluding steroid dienone is 2. The van der Waals surface area contributed by atoms with Crippen molar-refractivity contribution in [2.75, 3.05) is 0 Å². The first-order valence-corrected chi connectivity index (χ1v) is 9.53. The Hall–Kier alpha value is -3.93. The molecule has 154 valence electrons. The molecule has 0 radical (unpaired) electrons. The predicted octanol–water partition coefficient (Wildman–Crippen LogP) is 6.13. The second-order valence-corrected chi connectivity index (χ2v) is 6.80. The number of aromatic nitrogens is 2. The van der Waals surface area contributed by atoms with Crippen molar-refractivity contribution in [2.24, 2.45) is 0 Å². The molecule has 6 heteroatoms. The number of hydrogen-bond acceptors (Lipinski definition) is 2. The molecule has 0 unspecified atom stereocenters. The van der Waals surface area contributed by atoms with Crippen LogP contribution >= 0.6 is 0 Å². The molecular formula is C25H17F3N2O. The summed E-state index contributed by atoms with van der Waals surface area (Å²) < 4.78 is 40.9. The van der Waals surface area contributed by atoms with Crippen LogP contribution in [0.5, 0.6) is 0 Å². The maximum Gasteiger partial charge on any atom is 0.416 e. The maximum atomic E-state index is 13.2. The maximum absolute atomic E-state index is 13.2. The van der Waals surface area contributed by atoms with Crippen LogP contribution in [0.4, 0.5) is 13.2 Å². The van der Waals surface area contributed by atoms with Crippen LogP contribution in [0.3, 0.4) is 0 Å². The van der Waals surface area contributed by atoms with Crippen molar-refractivity contribution >= 4 is 23.1 Å². The van der Waals surface area contributed by atoms with Crippen LogP contribution in [0.15, 0.2) is 95.8 Å². The van der Waals surface area contributed by atoms with Crippen molar-refractivity contribution in [1.29, 1.82) is 0 Å². The van der Waals surface area contributed by atoms with E-state index in [0.29, 0.717) is 10.9 Å². The lowest BCUT2D eigenvalue weighted by Gasteiger charge is -2.13. The van der Waals surface area contributed by atoms with E-state index in [1.54, 1.807) is 42.5 Å². The van der Waals surface area contributed by atoms with E-state index < -0.39 is 17.3 Å². The van der Waals surface area contributed by atoms with Gasteiger partial charge in [0.25, 0.3) is 5.56 Å². The first-order valence-electron chi connectivity index (χ1n) is 9.53. The average molecular weight is 418 g/mol. The smallest absolute Gasteiger partial charge is 0.268 e. The number of halogens is 3. The summed E-state index contributed by atoms with van der Waals surface area (Å²) in [4.78, 5) is 17.7. The zero-order valence-electron chi connectivity index (χ0n) is 16.3. The lowest BCUT2D eigenvalue weighted by molar-refractivity contribution is -0.137. The van der Waals surface area contributed by atoms with Gasteiger partial charge in [-0.25, -0.2) is 4.98 Å². The Bertz CT molecular complexity index is 1340. The van der Waals surface area contributed by atoms with Crippen LogP contribution in [-0.2, 0) is 6.18 Å². The minimum atomic E-state index is -4.52. The molecule has 0 bridgehead atoms. The van der Waals surface area contributed by atoms with E-state index >= 15 is 0 Å². The number of alkyl halides is 3. The fourth-order valence-corrected chi connectivity index (χ4v) is 3.20. The standard InChI is InChI=1S/C25H17F3N2O/c26-25(27,28)19-12-8-13-20(17-19)30-23(16-7-4-11-18-9-2-1-3-10-18)29-22-15-6-5-14-21(22)24(30)31/h1-17H/b11-4+,16-7+. The zero-order chi connectivity index (χ0) is 21.8. The Morgan fingerprint density at radius 3 is 2.29 bits per heavy atom. The number of nitrogens with zero attached hydrogens (tertiary/aromatic N) is 2. The Morgan fingerprint density at radius 1 is 0.806 bits per heavy atom. The molecule has 0 saturated carbocycles. The van der Waals surface area contributed by atoms with Crippen LogP contribution in [-0.4, -0.2) is 9.55 Å². The summed E-state index contributed by atoms with van der Waals surface area (Å²) in [5.74, 6) is 0.237. The van der Waals surface area contributed by atoms with Gasteiger partial charge in [-0.15, -0.1) is 0 Å². The fourth-order valence-electron chi connectivity index (χ4n) is 3.20. The third-order valence-electron chi connectivity index (χ3n) is 4.68. The highest BCUT2D eigenvalue weighted by atomic mass is 19.4. The minimum absolute atomic E-state index is 0.102. The van der Waals surface area contributed by atoms with E-state index in [4.69, 9.17) is 0 Å². The van der Waals surface area contributed by atoms with Gasteiger partial charge in [0.2, 0.25) is 0 Å². The molecule has 1 heterocycles.